The van der Waals surface area contributed by atoms with Crippen molar-refractivity contribution in [3.8, 4) is 0 Å². The van der Waals surface area contributed by atoms with Crippen molar-refractivity contribution in [2.75, 3.05) is 11.9 Å². The van der Waals surface area contributed by atoms with Crippen molar-refractivity contribution in [2.45, 2.75) is 12.8 Å². The van der Waals surface area contributed by atoms with E-state index in [1.54, 1.807) is 6.07 Å². The molecule has 5 heteroatoms. The molecule has 0 saturated carbocycles. The van der Waals surface area contributed by atoms with E-state index in [-0.39, 0.29) is 11.7 Å². The second-order valence-corrected chi connectivity index (χ2v) is 4.88. The highest BCUT2D eigenvalue weighted by Crippen LogP contribution is 2.37. The van der Waals surface area contributed by atoms with Crippen molar-refractivity contribution >= 4 is 27.6 Å². The second-order valence-electron chi connectivity index (χ2n) is 4.03. The predicted molar refractivity (Wildman–Crippen MR) is 62.1 cm³/mol. The van der Waals surface area contributed by atoms with E-state index >= 15 is 0 Å². The van der Waals surface area contributed by atoms with Gasteiger partial charge in [0.05, 0.1) is 10.4 Å². The Kier molecular flexibility index (Phi) is 2.88. The van der Waals surface area contributed by atoms with Crippen LogP contribution in [0.3, 0.4) is 0 Å². The summed E-state index contributed by atoms with van der Waals surface area (Å²) in [4.78, 5) is 11.2. The van der Waals surface area contributed by atoms with E-state index in [4.69, 9.17) is 0 Å². The summed E-state index contributed by atoms with van der Waals surface area (Å²) in [5.41, 5.74) is 1.21. The van der Waals surface area contributed by atoms with Crippen LogP contribution in [0.5, 0.6) is 0 Å². The number of hydrogen-bond donors (Lipinski definition) is 2. The smallest absolute Gasteiger partial charge is 0.311 e. The molecule has 1 heterocycles. The SMILES string of the molecule is CC1CNc2cc(F)c(Br)cc2C1C(=O)O. The lowest BCUT2D eigenvalue weighted by Crippen LogP contribution is -2.30. The summed E-state index contributed by atoms with van der Waals surface area (Å²) < 4.78 is 13.6. The van der Waals surface area contributed by atoms with Gasteiger partial charge in [-0.2, -0.15) is 0 Å². The van der Waals surface area contributed by atoms with Crippen molar-refractivity contribution in [2.24, 2.45) is 5.92 Å². The maximum Gasteiger partial charge on any atom is 0.311 e. The number of rotatable bonds is 1. The third-order valence-corrected chi connectivity index (χ3v) is 3.48. The molecule has 0 radical (unpaired) electrons. The van der Waals surface area contributed by atoms with Crippen LogP contribution in [-0.2, 0) is 4.79 Å². The van der Waals surface area contributed by atoms with Gasteiger partial charge in [-0.25, -0.2) is 4.39 Å². The van der Waals surface area contributed by atoms with Gasteiger partial charge >= 0.3 is 5.97 Å². The molecule has 0 aliphatic carbocycles. The van der Waals surface area contributed by atoms with E-state index in [0.717, 1.165) is 0 Å². The first-order valence-electron chi connectivity index (χ1n) is 4.96. The molecular weight excluding hydrogens is 277 g/mol. The van der Waals surface area contributed by atoms with Crippen LogP contribution in [0.4, 0.5) is 10.1 Å². The molecule has 0 aromatic heterocycles. The Hall–Kier alpha value is -1.10. The fourth-order valence-corrected chi connectivity index (χ4v) is 2.41. The van der Waals surface area contributed by atoms with Crippen LogP contribution in [0.25, 0.3) is 0 Å². The Bertz CT molecular complexity index is 450. The number of benzene rings is 1. The lowest BCUT2D eigenvalue weighted by atomic mass is 9.83. The first-order valence-corrected chi connectivity index (χ1v) is 5.75. The van der Waals surface area contributed by atoms with Gasteiger partial charge < -0.3 is 10.4 Å². The summed E-state index contributed by atoms with van der Waals surface area (Å²) in [5.74, 6) is -1.84. The molecule has 0 amide bonds. The van der Waals surface area contributed by atoms with Gasteiger partial charge in [-0.05, 0) is 39.5 Å². The normalized spacial score (nSPS) is 23.4. The molecule has 2 unspecified atom stereocenters. The molecule has 1 aliphatic rings. The quantitative estimate of drug-likeness (QED) is 0.835. The fraction of sp³-hybridized carbons (Fsp3) is 0.364. The summed E-state index contributed by atoms with van der Waals surface area (Å²) in [7, 11) is 0. The van der Waals surface area contributed by atoms with E-state index in [9.17, 15) is 14.3 Å². The minimum atomic E-state index is -0.867. The van der Waals surface area contributed by atoms with Gasteiger partial charge in [0, 0.05) is 12.2 Å². The molecule has 0 saturated heterocycles. The Morgan fingerprint density at radius 1 is 1.62 bits per heavy atom. The zero-order chi connectivity index (χ0) is 11.9. The molecule has 0 fully saturated rings. The molecule has 2 atom stereocenters. The van der Waals surface area contributed by atoms with Crippen LogP contribution >= 0.6 is 15.9 Å². The molecule has 1 aromatic rings. The van der Waals surface area contributed by atoms with Crippen molar-refractivity contribution in [1.29, 1.82) is 0 Å². The third kappa shape index (κ3) is 1.80. The number of fused-ring (bicyclic) bond motifs is 1. The van der Waals surface area contributed by atoms with Gasteiger partial charge in [-0.15, -0.1) is 0 Å². The molecule has 3 nitrogen and oxygen atoms in total. The zero-order valence-corrected chi connectivity index (χ0v) is 10.2. The topological polar surface area (TPSA) is 49.3 Å². The largest absolute Gasteiger partial charge is 0.481 e. The maximum absolute atomic E-state index is 13.3. The Morgan fingerprint density at radius 3 is 2.94 bits per heavy atom. The highest BCUT2D eigenvalue weighted by Gasteiger charge is 2.32. The van der Waals surface area contributed by atoms with E-state index in [2.05, 4.69) is 21.2 Å². The van der Waals surface area contributed by atoms with E-state index in [1.807, 2.05) is 6.92 Å². The third-order valence-electron chi connectivity index (χ3n) is 2.88. The molecule has 0 bridgehead atoms. The minimum absolute atomic E-state index is 0.0117. The number of anilines is 1. The monoisotopic (exact) mass is 287 g/mol. The predicted octanol–water partition coefficient (Wildman–Crippen LogP) is 2.82. The number of nitrogens with one attached hydrogen (secondary N) is 1. The number of carbonyl (C=O) groups is 1. The highest BCUT2D eigenvalue weighted by molar-refractivity contribution is 9.10. The summed E-state index contributed by atoms with van der Waals surface area (Å²) in [6, 6.07) is 2.88. The maximum atomic E-state index is 13.3. The van der Waals surface area contributed by atoms with Gasteiger partial charge in [0.1, 0.15) is 5.82 Å². The molecule has 86 valence electrons. The van der Waals surface area contributed by atoms with E-state index < -0.39 is 11.9 Å². The van der Waals surface area contributed by atoms with Crippen LogP contribution in [-0.4, -0.2) is 17.6 Å². The standard InChI is InChI=1S/C11H11BrFNO2/c1-5-4-14-9-3-8(13)7(12)2-6(9)10(5)11(15)16/h2-3,5,10,14H,4H2,1H3,(H,15,16). The number of carboxylic acids is 1. The molecule has 16 heavy (non-hydrogen) atoms. The van der Waals surface area contributed by atoms with E-state index in [1.165, 1.54) is 6.07 Å². The van der Waals surface area contributed by atoms with Crippen LogP contribution in [0, 0.1) is 11.7 Å². The van der Waals surface area contributed by atoms with Crippen molar-refractivity contribution < 1.29 is 14.3 Å². The van der Waals surface area contributed by atoms with E-state index in [0.29, 0.717) is 22.3 Å². The number of halogens is 2. The summed E-state index contributed by atoms with van der Waals surface area (Å²) in [6.07, 6.45) is 0. The van der Waals surface area contributed by atoms with Crippen LogP contribution in [0.15, 0.2) is 16.6 Å². The van der Waals surface area contributed by atoms with Crippen LogP contribution < -0.4 is 5.32 Å². The lowest BCUT2D eigenvalue weighted by Gasteiger charge is -2.29. The van der Waals surface area contributed by atoms with Crippen molar-refractivity contribution in [1.82, 2.24) is 0 Å². The van der Waals surface area contributed by atoms with Gasteiger partial charge in [0.25, 0.3) is 0 Å². The van der Waals surface area contributed by atoms with Crippen LogP contribution in [0.1, 0.15) is 18.4 Å². The van der Waals surface area contributed by atoms with Gasteiger partial charge in [0.15, 0.2) is 0 Å². The molecule has 1 aromatic carbocycles. The minimum Gasteiger partial charge on any atom is -0.481 e. The molecular formula is C11H11BrFNO2. The first kappa shape index (κ1) is 11.4. The molecule has 2 rings (SSSR count). The number of aliphatic carboxylic acids is 1. The number of hydrogen-bond acceptors (Lipinski definition) is 2. The van der Waals surface area contributed by atoms with Gasteiger partial charge in [-0.1, -0.05) is 6.92 Å². The lowest BCUT2D eigenvalue weighted by molar-refractivity contribution is -0.140. The van der Waals surface area contributed by atoms with Gasteiger partial charge in [0.2, 0.25) is 0 Å². The average molecular weight is 288 g/mol. The Labute approximate surface area is 101 Å². The summed E-state index contributed by atoms with van der Waals surface area (Å²) in [5, 5.41) is 12.2. The zero-order valence-electron chi connectivity index (χ0n) is 8.63. The Morgan fingerprint density at radius 2 is 2.31 bits per heavy atom. The van der Waals surface area contributed by atoms with Gasteiger partial charge in [-0.3, -0.25) is 4.79 Å². The summed E-state index contributed by atoms with van der Waals surface area (Å²) >= 11 is 3.08. The molecule has 0 spiro atoms. The second kappa shape index (κ2) is 4.05. The van der Waals surface area contributed by atoms with Crippen molar-refractivity contribution in [3.05, 3.63) is 28.0 Å². The average Bonchev–Trinajstić information content (AvgIpc) is 2.20. The molecule has 2 N–H and O–H groups in total. The molecule has 1 aliphatic heterocycles. The first-order chi connectivity index (χ1) is 7.50. The summed E-state index contributed by atoms with van der Waals surface area (Å²) in [6.45, 7) is 2.41. The highest BCUT2D eigenvalue weighted by atomic mass is 79.9. The Balaban J connectivity index is 2.55. The van der Waals surface area contributed by atoms with Crippen LogP contribution in [0.2, 0.25) is 0 Å². The van der Waals surface area contributed by atoms with Crippen molar-refractivity contribution in [3.63, 3.8) is 0 Å². The fourth-order valence-electron chi connectivity index (χ4n) is 2.04. The number of carboxylic acid groups (broad SMARTS) is 1.